The maximum Gasteiger partial charge on any atom is 0.328 e. The fourth-order valence-corrected chi connectivity index (χ4v) is 1.83. The van der Waals surface area contributed by atoms with Gasteiger partial charge in [0.15, 0.2) is 0 Å². The molecule has 1 heterocycles. The number of hydrogen-bond donors (Lipinski definition) is 1. The fraction of sp³-hybridized carbons (Fsp3) is 0.636. The summed E-state index contributed by atoms with van der Waals surface area (Å²) in [6.07, 6.45) is 7.79. The fourth-order valence-electron chi connectivity index (χ4n) is 1.83. The average Bonchev–Trinajstić information content (AvgIpc) is 3.11. The van der Waals surface area contributed by atoms with Gasteiger partial charge in [0.2, 0.25) is 5.91 Å². The normalized spacial score (nSPS) is 19.8. The Labute approximate surface area is 93.1 Å². The summed E-state index contributed by atoms with van der Waals surface area (Å²) in [5.74, 6) is -0.0573. The van der Waals surface area contributed by atoms with Crippen LogP contribution in [0.15, 0.2) is 17.2 Å². The van der Waals surface area contributed by atoms with Crippen LogP contribution in [-0.4, -0.2) is 21.1 Å². The van der Waals surface area contributed by atoms with Crippen molar-refractivity contribution in [1.82, 2.24) is 14.5 Å². The monoisotopic (exact) mass is 221 g/mol. The molecule has 1 N–H and O–H groups in total. The summed E-state index contributed by atoms with van der Waals surface area (Å²) >= 11 is 0. The van der Waals surface area contributed by atoms with Crippen LogP contribution in [0, 0.1) is 0 Å². The molecule has 0 saturated heterocycles. The number of nitrogens with one attached hydrogen (secondary N) is 1. The van der Waals surface area contributed by atoms with E-state index in [1.54, 1.807) is 17.0 Å². The summed E-state index contributed by atoms with van der Waals surface area (Å²) < 4.78 is 3.21. The Bertz CT molecular complexity index is 466. The smallest absolute Gasteiger partial charge is 0.328 e. The Morgan fingerprint density at radius 2 is 2.06 bits per heavy atom. The van der Waals surface area contributed by atoms with Crippen molar-refractivity contribution < 1.29 is 4.79 Å². The van der Waals surface area contributed by atoms with E-state index in [0.29, 0.717) is 12.1 Å². The molecule has 86 valence electrons. The summed E-state index contributed by atoms with van der Waals surface area (Å²) in [6, 6.07) is 0.731. The number of aromatic nitrogens is 2. The molecular weight excluding hydrogens is 206 g/mol. The van der Waals surface area contributed by atoms with E-state index in [0.717, 1.165) is 25.7 Å². The lowest BCUT2D eigenvalue weighted by molar-refractivity contribution is -0.121. The Morgan fingerprint density at radius 1 is 1.31 bits per heavy atom. The van der Waals surface area contributed by atoms with Gasteiger partial charge in [-0.15, -0.1) is 0 Å². The molecule has 1 aromatic heterocycles. The third-order valence-electron chi connectivity index (χ3n) is 3.07. The van der Waals surface area contributed by atoms with Gasteiger partial charge >= 0.3 is 5.69 Å². The first-order chi connectivity index (χ1) is 7.74. The lowest BCUT2D eigenvalue weighted by Crippen LogP contribution is -2.33. The van der Waals surface area contributed by atoms with E-state index < -0.39 is 0 Å². The number of carbonyl (C=O) groups is 1. The second-order valence-electron chi connectivity index (χ2n) is 4.69. The van der Waals surface area contributed by atoms with Gasteiger partial charge in [0, 0.05) is 24.5 Å². The Hall–Kier alpha value is -1.52. The van der Waals surface area contributed by atoms with E-state index in [4.69, 9.17) is 0 Å². The van der Waals surface area contributed by atoms with Crippen LogP contribution < -0.4 is 11.0 Å². The van der Waals surface area contributed by atoms with Gasteiger partial charge in [0.25, 0.3) is 0 Å². The number of carbonyl (C=O) groups excluding carboxylic acids is 1. The summed E-state index contributed by atoms with van der Waals surface area (Å²) in [5.41, 5.74) is -0.0616. The molecule has 0 atom stereocenters. The molecule has 3 rings (SSSR count). The zero-order valence-corrected chi connectivity index (χ0v) is 9.06. The van der Waals surface area contributed by atoms with E-state index in [1.807, 2.05) is 0 Å². The summed E-state index contributed by atoms with van der Waals surface area (Å²) in [6.45, 7) is 0.148. The lowest BCUT2D eigenvalue weighted by Gasteiger charge is -2.03. The van der Waals surface area contributed by atoms with Crippen molar-refractivity contribution in [1.29, 1.82) is 0 Å². The molecule has 2 saturated carbocycles. The number of rotatable bonds is 4. The van der Waals surface area contributed by atoms with E-state index in [9.17, 15) is 9.59 Å². The van der Waals surface area contributed by atoms with Crippen molar-refractivity contribution in [2.24, 2.45) is 0 Å². The Balaban J connectivity index is 1.68. The maximum atomic E-state index is 11.8. The molecule has 0 aliphatic heterocycles. The molecular formula is C11H15N3O2. The summed E-state index contributed by atoms with van der Waals surface area (Å²) in [4.78, 5) is 23.4. The van der Waals surface area contributed by atoms with Crippen LogP contribution in [0.4, 0.5) is 0 Å². The van der Waals surface area contributed by atoms with Gasteiger partial charge in [-0.1, -0.05) is 0 Å². The highest BCUT2D eigenvalue weighted by Crippen LogP contribution is 2.33. The van der Waals surface area contributed by atoms with Crippen molar-refractivity contribution in [3.8, 4) is 0 Å². The van der Waals surface area contributed by atoms with Crippen molar-refractivity contribution in [2.45, 2.75) is 44.3 Å². The number of nitrogens with zero attached hydrogens (tertiary/aromatic N) is 2. The minimum Gasteiger partial charge on any atom is -0.352 e. The second-order valence-corrected chi connectivity index (χ2v) is 4.69. The van der Waals surface area contributed by atoms with Gasteiger partial charge in [-0.25, -0.2) is 4.79 Å². The minimum absolute atomic E-state index is 0.0573. The van der Waals surface area contributed by atoms with Crippen molar-refractivity contribution in [3.63, 3.8) is 0 Å². The molecule has 0 unspecified atom stereocenters. The molecule has 1 amide bonds. The topological polar surface area (TPSA) is 56.0 Å². The Kier molecular flexibility index (Phi) is 2.12. The summed E-state index contributed by atoms with van der Waals surface area (Å²) in [5, 5.41) is 2.88. The van der Waals surface area contributed by atoms with Crippen LogP contribution in [0.3, 0.4) is 0 Å². The minimum atomic E-state index is -0.0616. The first-order valence-corrected chi connectivity index (χ1v) is 5.80. The van der Waals surface area contributed by atoms with Crippen molar-refractivity contribution >= 4 is 5.91 Å². The predicted octanol–water partition coefficient (Wildman–Crippen LogP) is 0.263. The van der Waals surface area contributed by atoms with Crippen molar-refractivity contribution in [3.05, 3.63) is 22.9 Å². The highest BCUT2D eigenvalue weighted by molar-refractivity contribution is 5.76. The van der Waals surface area contributed by atoms with Gasteiger partial charge in [-0.3, -0.25) is 13.9 Å². The molecule has 0 bridgehead atoms. The number of hydrogen-bond acceptors (Lipinski definition) is 2. The molecule has 2 fully saturated rings. The maximum absolute atomic E-state index is 11.8. The first-order valence-electron chi connectivity index (χ1n) is 5.80. The molecule has 16 heavy (non-hydrogen) atoms. The van der Waals surface area contributed by atoms with Gasteiger partial charge in [-0.2, -0.15) is 0 Å². The van der Waals surface area contributed by atoms with Crippen LogP contribution in [0.5, 0.6) is 0 Å². The van der Waals surface area contributed by atoms with E-state index >= 15 is 0 Å². The van der Waals surface area contributed by atoms with Crippen LogP contribution in [0.25, 0.3) is 0 Å². The second kappa shape index (κ2) is 3.50. The van der Waals surface area contributed by atoms with Gasteiger partial charge < -0.3 is 5.32 Å². The van der Waals surface area contributed by atoms with E-state index in [-0.39, 0.29) is 18.1 Å². The average molecular weight is 221 g/mol. The standard InChI is InChI=1S/C11H15N3O2/c15-10(12-8-1-2-8)7-13-5-6-14(11(13)16)9-3-4-9/h5-6,8-9H,1-4,7H2,(H,12,15). The highest BCUT2D eigenvalue weighted by Gasteiger charge is 2.26. The SMILES string of the molecule is O=C(Cn1ccn(C2CC2)c1=O)NC1CC1. The van der Waals surface area contributed by atoms with Crippen LogP contribution >= 0.6 is 0 Å². The van der Waals surface area contributed by atoms with Gasteiger partial charge in [0.05, 0.1) is 0 Å². The molecule has 0 aromatic carbocycles. The molecule has 0 spiro atoms. The largest absolute Gasteiger partial charge is 0.352 e. The van der Waals surface area contributed by atoms with Crippen LogP contribution in [0.2, 0.25) is 0 Å². The molecule has 0 radical (unpaired) electrons. The molecule has 5 nitrogen and oxygen atoms in total. The van der Waals surface area contributed by atoms with E-state index in [1.165, 1.54) is 4.57 Å². The van der Waals surface area contributed by atoms with Crippen LogP contribution in [0.1, 0.15) is 31.7 Å². The molecule has 2 aliphatic rings. The zero-order valence-electron chi connectivity index (χ0n) is 9.06. The predicted molar refractivity (Wildman–Crippen MR) is 58.1 cm³/mol. The molecule has 1 aromatic rings. The molecule has 5 heteroatoms. The van der Waals surface area contributed by atoms with E-state index in [2.05, 4.69) is 5.32 Å². The number of imidazole rings is 1. The Morgan fingerprint density at radius 3 is 2.69 bits per heavy atom. The first kappa shape index (κ1) is 9.69. The lowest BCUT2D eigenvalue weighted by atomic mass is 10.5. The van der Waals surface area contributed by atoms with Gasteiger partial charge in [-0.05, 0) is 25.7 Å². The zero-order chi connectivity index (χ0) is 11.1. The van der Waals surface area contributed by atoms with Gasteiger partial charge in [0.1, 0.15) is 6.54 Å². The highest BCUT2D eigenvalue weighted by atomic mass is 16.2. The summed E-state index contributed by atoms with van der Waals surface area (Å²) in [7, 11) is 0. The quantitative estimate of drug-likeness (QED) is 0.793. The molecule has 2 aliphatic carbocycles. The van der Waals surface area contributed by atoms with Crippen LogP contribution in [-0.2, 0) is 11.3 Å². The third kappa shape index (κ3) is 1.89. The number of amides is 1. The third-order valence-corrected chi connectivity index (χ3v) is 3.07. The van der Waals surface area contributed by atoms with Crippen molar-refractivity contribution in [2.75, 3.05) is 0 Å².